The van der Waals surface area contributed by atoms with Crippen molar-refractivity contribution < 1.29 is 9.53 Å². The van der Waals surface area contributed by atoms with Crippen LogP contribution in [0.4, 0.5) is 5.69 Å². The summed E-state index contributed by atoms with van der Waals surface area (Å²) in [6, 6.07) is 13.1. The van der Waals surface area contributed by atoms with Gasteiger partial charge >= 0.3 is 0 Å². The summed E-state index contributed by atoms with van der Waals surface area (Å²) >= 11 is 7.44. The fraction of sp³-hybridized carbons (Fsp3) is 0.227. The molecular formula is C22H23ClN4O2S. The molecule has 1 aromatic heterocycles. The fourth-order valence-electron chi connectivity index (χ4n) is 2.83. The van der Waals surface area contributed by atoms with Crippen molar-refractivity contribution in [2.24, 2.45) is 0 Å². The van der Waals surface area contributed by atoms with Gasteiger partial charge in [-0.15, -0.1) is 16.8 Å². The van der Waals surface area contributed by atoms with Crippen molar-refractivity contribution >= 4 is 35.0 Å². The Morgan fingerprint density at radius 1 is 1.27 bits per heavy atom. The molecule has 3 aromatic rings. The third-order valence-electron chi connectivity index (χ3n) is 4.33. The molecule has 30 heavy (non-hydrogen) atoms. The smallest absolute Gasteiger partial charge is 0.234 e. The molecule has 156 valence electrons. The van der Waals surface area contributed by atoms with Crippen molar-refractivity contribution in [2.75, 3.05) is 17.7 Å². The Kier molecular flexibility index (Phi) is 7.54. The van der Waals surface area contributed by atoms with Crippen LogP contribution in [-0.4, -0.2) is 33.0 Å². The molecule has 1 N–H and O–H groups in total. The van der Waals surface area contributed by atoms with Gasteiger partial charge in [-0.25, -0.2) is 0 Å². The maximum absolute atomic E-state index is 12.4. The van der Waals surface area contributed by atoms with Crippen LogP contribution in [0.25, 0.3) is 11.4 Å². The van der Waals surface area contributed by atoms with E-state index in [4.69, 9.17) is 16.3 Å². The lowest BCUT2D eigenvalue weighted by atomic mass is 10.2. The van der Waals surface area contributed by atoms with E-state index in [0.717, 1.165) is 16.9 Å². The highest BCUT2D eigenvalue weighted by Crippen LogP contribution is 2.27. The summed E-state index contributed by atoms with van der Waals surface area (Å²) in [7, 11) is 0. The molecule has 1 amide bonds. The van der Waals surface area contributed by atoms with Gasteiger partial charge < -0.3 is 10.1 Å². The summed E-state index contributed by atoms with van der Waals surface area (Å²) in [5.41, 5.74) is 2.46. The number of aromatic nitrogens is 3. The van der Waals surface area contributed by atoms with E-state index in [-0.39, 0.29) is 11.7 Å². The number of hydrogen-bond donors (Lipinski definition) is 1. The highest BCUT2D eigenvalue weighted by molar-refractivity contribution is 7.99. The van der Waals surface area contributed by atoms with Gasteiger partial charge in [-0.05, 0) is 55.8 Å². The summed E-state index contributed by atoms with van der Waals surface area (Å²) in [6.45, 7) is 8.79. The third kappa shape index (κ3) is 5.23. The van der Waals surface area contributed by atoms with Gasteiger partial charge in [0.2, 0.25) is 5.91 Å². The Morgan fingerprint density at radius 3 is 2.73 bits per heavy atom. The predicted octanol–water partition coefficient (Wildman–Crippen LogP) is 5.22. The molecule has 3 rings (SSSR count). The second kappa shape index (κ2) is 10.3. The minimum Gasteiger partial charge on any atom is -0.494 e. The van der Waals surface area contributed by atoms with Gasteiger partial charge in [-0.2, -0.15) is 0 Å². The number of thioether (sulfide) groups is 1. The Balaban J connectivity index is 1.72. The molecular weight excluding hydrogens is 420 g/mol. The van der Waals surface area contributed by atoms with Crippen molar-refractivity contribution in [3.05, 3.63) is 65.7 Å². The molecule has 6 nitrogen and oxygen atoms in total. The van der Waals surface area contributed by atoms with E-state index in [1.807, 2.05) is 54.8 Å². The van der Waals surface area contributed by atoms with Crippen LogP contribution in [0.3, 0.4) is 0 Å². The van der Waals surface area contributed by atoms with Gasteiger partial charge in [-0.3, -0.25) is 9.36 Å². The van der Waals surface area contributed by atoms with Crippen molar-refractivity contribution in [1.82, 2.24) is 14.8 Å². The van der Waals surface area contributed by atoms with Gasteiger partial charge in [-0.1, -0.05) is 35.5 Å². The summed E-state index contributed by atoms with van der Waals surface area (Å²) in [5, 5.41) is 12.8. The lowest BCUT2D eigenvalue weighted by Crippen LogP contribution is -2.15. The highest BCUT2D eigenvalue weighted by atomic mass is 35.5. The second-order valence-corrected chi connectivity index (χ2v) is 7.76. The quantitative estimate of drug-likeness (QED) is 0.363. The first-order chi connectivity index (χ1) is 14.5. The van der Waals surface area contributed by atoms with E-state index in [0.29, 0.717) is 34.8 Å². The van der Waals surface area contributed by atoms with Crippen LogP contribution in [0.5, 0.6) is 5.75 Å². The Hall–Kier alpha value is -2.77. The number of carbonyl (C=O) groups excluding carboxylic acids is 1. The Bertz CT molecular complexity index is 1030. The number of carbonyl (C=O) groups is 1. The first-order valence-corrected chi connectivity index (χ1v) is 10.8. The zero-order valence-electron chi connectivity index (χ0n) is 16.9. The average Bonchev–Trinajstić information content (AvgIpc) is 3.14. The van der Waals surface area contributed by atoms with Crippen molar-refractivity contribution in [3.63, 3.8) is 0 Å². The van der Waals surface area contributed by atoms with Crippen LogP contribution in [-0.2, 0) is 11.3 Å². The molecule has 0 radical (unpaired) electrons. The van der Waals surface area contributed by atoms with Gasteiger partial charge in [0.25, 0.3) is 0 Å². The highest BCUT2D eigenvalue weighted by Gasteiger charge is 2.15. The third-order valence-corrected chi connectivity index (χ3v) is 5.70. The SMILES string of the molecule is C=CCn1c(SCC(=O)Nc2cccc(Cl)c2C)nnc1-c1ccc(OCC)cc1. The molecule has 8 heteroatoms. The lowest BCUT2D eigenvalue weighted by Gasteiger charge is -2.10. The summed E-state index contributed by atoms with van der Waals surface area (Å²) in [6.07, 6.45) is 1.78. The van der Waals surface area contributed by atoms with E-state index in [2.05, 4.69) is 22.1 Å². The topological polar surface area (TPSA) is 69.0 Å². The van der Waals surface area contributed by atoms with Crippen molar-refractivity contribution in [2.45, 2.75) is 25.5 Å². The number of allylic oxidation sites excluding steroid dienone is 1. The molecule has 2 aromatic carbocycles. The number of nitrogens with zero attached hydrogens (tertiary/aromatic N) is 3. The van der Waals surface area contributed by atoms with E-state index in [1.54, 1.807) is 12.1 Å². The number of nitrogens with one attached hydrogen (secondary N) is 1. The van der Waals surface area contributed by atoms with Crippen LogP contribution in [0.15, 0.2) is 60.3 Å². The first kappa shape index (κ1) is 21.9. The van der Waals surface area contributed by atoms with E-state index in [1.165, 1.54) is 11.8 Å². The number of benzene rings is 2. The van der Waals surface area contributed by atoms with E-state index >= 15 is 0 Å². The van der Waals surface area contributed by atoms with E-state index < -0.39 is 0 Å². The number of anilines is 1. The van der Waals surface area contributed by atoms with Crippen LogP contribution in [0, 0.1) is 6.92 Å². The molecule has 0 atom stereocenters. The number of ether oxygens (including phenoxy) is 1. The molecule has 0 aliphatic rings. The normalized spacial score (nSPS) is 10.6. The summed E-state index contributed by atoms with van der Waals surface area (Å²) < 4.78 is 7.43. The maximum Gasteiger partial charge on any atom is 0.234 e. The van der Waals surface area contributed by atoms with Gasteiger partial charge in [0.15, 0.2) is 11.0 Å². The molecule has 0 aliphatic heterocycles. The first-order valence-electron chi connectivity index (χ1n) is 9.48. The van der Waals surface area contributed by atoms with E-state index in [9.17, 15) is 4.79 Å². The molecule has 0 fully saturated rings. The molecule has 0 spiro atoms. The number of amides is 1. The van der Waals surface area contributed by atoms with Crippen LogP contribution in [0.1, 0.15) is 12.5 Å². The van der Waals surface area contributed by atoms with Gasteiger partial charge in [0, 0.05) is 22.8 Å². The zero-order valence-corrected chi connectivity index (χ0v) is 18.5. The van der Waals surface area contributed by atoms with Crippen LogP contribution < -0.4 is 10.1 Å². The molecule has 0 aliphatic carbocycles. The maximum atomic E-state index is 12.4. The van der Waals surface area contributed by atoms with Crippen LogP contribution in [0.2, 0.25) is 5.02 Å². The lowest BCUT2D eigenvalue weighted by molar-refractivity contribution is -0.113. The Labute approximate surface area is 185 Å². The molecule has 0 bridgehead atoms. The predicted molar refractivity (Wildman–Crippen MR) is 122 cm³/mol. The molecule has 1 heterocycles. The van der Waals surface area contributed by atoms with Gasteiger partial charge in [0.1, 0.15) is 5.75 Å². The Morgan fingerprint density at radius 2 is 2.03 bits per heavy atom. The second-order valence-electron chi connectivity index (χ2n) is 6.41. The fourth-order valence-corrected chi connectivity index (χ4v) is 3.75. The number of rotatable bonds is 9. The largest absolute Gasteiger partial charge is 0.494 e. The zero-order chi connectivity index (χ0) is 21.5. The summed E-state index contributed by atoms with van der Waals surface area (Å²) in [4.78, 5) is 12.4. The minimum atomic E-state index is -0.138. The number of hydrogen-bond acceptors (Lipinski definition) is 5. The summed E-state index contributed by atoms with van der Waals surface area (Å²) in [5.74, 6) is 1.58. The minimum absolute atomic E-state index is 0.138. The van der Waals surface area contributed by atoms with Crippen LogP contribution >= 0.6 is 23.4 Å². The average molecular weight is 443 g/mol. The van der Waals surface area contributed by atoms with Crippen molar-refractivity contribution in [1.29, 1.82) is 0 Å². The monoisotopic (exact) mass is 442 g/mol. The standard InChI is InChI=1S/C22H23ClN4O2S/c1-4-13-27-21(16-9-11-17(12-10-16)29-5-2)25-26-22(27)30-14-20(28)24-19-8-6-7-18(23)15(19)3/h4,6-12H,1,5,13-14H2,2-3H3,(H,24,28). The van der Waals surface area contributed by atoms with Crippen molar-refractivity contribution in [3.8, 4) is 17.1 Å². The number of halogens is 1. The molecule has 0 saturated carbocycles. The van der Waals surface area contributed by atoms with Gasteiger partial charge in [0.05, 0.1) is 12.4 Å². The molecule has 0 unspecified atom stereocenters. The molecule has 0 saturated heterocycles.